The molecule has 1 saturated carbocycles. The van der Waals surface area contributed by atoms with Gasteiger partial charge in [0.2, 0.25) is 0 Å². The molecular formula is C13H16O. The number of carbonyl (C=O) groups excluding carboxylic acids is 1. The van der Waals surface area contributed by atoms with Crippen LogP contribution in [0, 0.1) is 5.92 Å². The molecule has 1 aromatic carbocycles. The zero-order valence-corrected chi connectivity index (χ0v) is 8.57. The Morgan fingerprint density at radius 1 is 1.21 bits per heavy atom. The Bertz CT molecular complexity index is 315. The predicted octanol–water partition coefficient (Wildman–Crippen LogP) is 3.16. The smallest absolute Gasteiger partial charge is 0.140 e. The van der Waals surface area contributed by atoms with Gasteiger partial charge >= 0.3 is 0 Å². The molecule has 1 nitrogen and oxygen atoms in total. The highest BCUT2D eigenvalue weighted by Gasteiger charge is 2.27. The van der Waals surface area contributed by atoms with Gasteiger partial charge in [0, 0.05) is 12.3 Å². The minimum absolute atomic E-state index is 0.167. The first-order chi connectivity index (χ1) is 6.77. The van der Waals surface area contributed by atoms with Gasteiger partial charge in [0.05, 0.1) is 0 Å². The summed E-state index contributed by atoms with van der Waals surface area (Å²) >= 11 is 0. The quantitative estimate of drug-likeness (QED) is 0.661. The molecule has 1 fully saturated rings. The fourth-order valence-corrected chi connectivity index (χ4v) is 2.22. The van der Waals surface area contributed by atoms with Gasteiger partial charge in [-0.15, -0.1) is 0 Å². The molecule has 0 N–H and O–H groups in total. The molecule has 0 amide bonds. The van der Waals surface area contributed by atoms with E-state index in [1.165, 1.54) is 5.56 Å². The average molecular weight is 188 g/mol. The maximum atomic E-state index is 11.7. The molecule has 2 atom stereocenters. The molecule has 74 valence electrons. The van der Waals surface area contributed by atoms with Crippen LogP contribution in [0.4, 0.5) is 0 Å². The first kappa shape index (κ1) is 9.45. The van der Waals surface area contributed by atoms with Crippen molar-refractivity contribution in [2.45, 2.75) is 32.1 Å². The summed E-state index contributed by atoms with van der Waals surface area (Å²) in [5.74, 6) is 1.28. The molecule has 1 aliphatic carbocycles. The van der Waals surface area contributed by atoms with Crippen LogP contribution in [0.3, 0.4) is 0 Å². The summed E-state index contributed by atoms with van der Waals surface area (Å²) in [5.41, 5.74) is 1.20. The van der Waals surface area contributed by atoms with Crippen LogP contribution in [-0.2, 0) is 4.79 Å². The van der Waals surface area contributed by atoms with Gasteiger partial charge in [-0.05, 0) is 24.3 Å². The Labute approximate surface area is 85.1 Å². The normalized spacial score (nSPS) is 27.6. The molecule has 1 aliphatic rings. The lowest BCUT2D eigenvalue weighted by Gasteiger charge is -2.25. The number of Topliss-reactive ketones (excluding diaryl/α,β-unsaturated/α-hetero) is 1. The van der Waals surface area contributed by atoms with Gasteiger partial charge in [0.1, 0.15) is 5.78 Å². The lowest BCUT2D eigenvalue weighted by molar-refractivity contribution is -0.122. The summed E-state index contributed by atoms with van der Waals surface area (Å²) in [6.07, 6.45) is 2.87. The van der Waals surface area contributed by atoms with Crippen molar-refractivity contribution in [3.05, 3.63) is 35.9 Å². The second-order valence-corrected chi connectivity index (χ2v) is 4.31. The number of hydrogen-bond acceptors (Lipinski definition) is 1. The number of ketones is 1. The Hall–Kier alpha value is -1.11. The average Bonchev–Trinajstić information content (AvgIpc) is 2.23. The molecule has 1 heteroatoms. The van der Waals surface area contributed by atoms with Gasteiger partial charge in [-0.1, -0.05) is 37.3 Å². The van der Waals surface area contributed by atoms with Gasteiger partial charge < -0.3 is 0 Å². The van der Waals surface area contributed by atoms with E-state index < -0.39 is 0 Å². The number of rotatable bonds is 1. The molecule has 0 bridgehead atoms. The zero-order chi connectivity index (χ0) is 9.97. The van der Waals surface area contributed by atoms with Crippen LogP contribution in [0.1, 0.15) is 37.7 Å². The fourth-order valence-electron chi connectivity index (χ4n) is 2.22. The van der Waals surface area contributed by atoms with E-state index in [-0.39, 0.29) is 5.92 Å². The summed E-state index contributed by atoms with van der Waals surface area (Å²) < 4.78 is 0. The third-order valence-corrected chi connectivity index (χ3v) is 3.11. The topological polar surface area (TPSA) is 17.1 Å². The van der Waals surface area contributed by atoms with E-state index in [1.54, 1.807) is 0 Å². The Kier molecular flexibility index (Phi) is 2.67. The Morgan fingerprint density at radius 3 is 2.64 bits per heavy atom. The van der Waals surface area contributed by atoms with Crippen LogP contribution in [0.15, 0.2) is 30.3 Å². The van der Waals surface area contributed by atoms with Crippen LogP contribution in [-0.4, -0.2) is 5.78 Å². The fraction of sp³-hybridized carbons (Fsp3) is 0.462. The van der Waals surface area contributed by atoms with Gasteiger partial charge in [0.15, 0.2) is 0 Å². The van der Waals surface area contributed by atoms with E-state index in [0.717, 1.165) is 19.3 Å². The molecule has 14 heavy (non-hydrogen) atoms. The standard InChI is InChI=1S/C13H16O/c1-10-7-8-13(14)12(9-10)11-5-3-2-4-6-11/h2-6,10,12H,7-9H2,1H3. The lowest BCUT2D eigenvalue weighted by Crippen LogP contribution is -2.21. The SMILES string of the molecule is CC1CCC(=O)C(c2ccccc2)C1. The Balaban J connectivity index is 2.20. The van der Waals surface area contributed by atoms with Gasteiger partial charge in [0.25, 0.3) is 0 Å². The van der Waals surface area contributed by atoms with Gasteiger partial charge in [-0.2, -0.15) is 0 Å². The predicted molar refractivity (Wildman–Crippen MR) is 57.2 cm³/mol. The summed E-state index contributed by atoms with van der Waals surface area (Å²) in [7, 11) is 0. The molecular weight excluding hydrogens is 172 g/mol. The van der Waals surface area contributed by atoms with Crippen molar-refractivity contribution in [1.82, 2.24) is 0 Å². The minimum atomic E-state index is 0.167. The zero-order valence-electron chi connectivity index (χ0n) is 8.57. The Morgan fingerprint density at radius 2 is 1.93 bits per heavy atom. The summed E-state index contributed by atoms with van der Waals surface area (Å²) in [4.78, 5) is 11.7. The van der Waals surface area contributed by atoms with Crippen LogP contribution in [0.25, 0.3) is 0 Å². The van der Waals surface area contributed by atoms with E-state index in [9.17, 15) is 4.79 Å². The highest BCUT2D eigenvalue weighted by Crippen LogP contribution is 2.33. The molecule has 0 saturated heterocycles. The molecule has 0 heterocycles. The minimum Gasteiger partial charge on any atom is -0.299 e. The van der Waals surface area contributed by atoms with Crippen molar-refractivity contribution in [2.75, 3.05) is 0 Å². The van der Waals surface area contributed by atoms with Crippen molar-refractivity contribution in [3.8, 4) is 0 Å². The maximum Gasteiger partial charge on any atom is 0.140 e. The van der Waals surface area contributed by atoms with E-state index in [1.807, 2.05) is 18.2 Å². The summed E-state index contributed by atoms with van der Waals surface area (Å²) in [6, 6.07) is 10.2. The number of carbonyl (C=O) groups is 1. The molecule has 0 radical (unpaired) electrons. The first-order valence-electron chi connectivity index (χ1n) is 5.35. The molecule has 0 spiro atoms. The van der Waals surface area contributed by atoms with Gasteiger partial charge in [-0.3, -0.25) is 4.79 Å². The summed E-state index contributed by atoms with van der Waals surface area (Å²) in [5, 5.41) is 0. The highest BCUT2D eigenvalue weighted by molar-refractivity contribution is 5.86. The van der Waals surface area contributed by atoms with Crippen molar-refractivity contribution < 1.29 is 4.79 Å². The molecule has 0 aliphatic heterocycles. The lowest BCUT2D eigenvalue weighted by atomic mass is 9.78. The second-order valence-electron chi connectivity index (χ2n) is 4.31. The number of benzene rings is 1. The van der Waals surface area contributed by atoms with Crippen molar-refractivity contribution >= 4 is 5.78 Å². The molecule has 2 unspecified atom stereocenters. The van der Waals surface area contributed by atoms with Gasteiger partial charge in [-0.25, -0.2) is 0 Å². The maximum absolute atomic E-state index is 11.7. The molecule has 1 aromatic rings. The van der Waals surface area contributed by atoms with E-state index in [2.05, 4.69) is 19.1 Å². The second kappa shape index (κ2) is 3.95. The molecule has 2 rings (SSSR count). The third kappa shape index (κ3) is 1.87. The highest BCUT2D eigenvalue weighted by atomic mass is 16.1. The first-order valence-corrected chi connectivity index (χ1v) is 5.35. The largest absolute Gasteiger partial charge is 0.299 e. The third-order valence-electron chi connectivity index (χ3n) is 3.11. The summed E-state index contributed by atoms with van der Waals surface area (Å²) in [6.45, 7) is 2.24. The number of hydrogen-bond donors (Lipinski definition) is 0. The van der Waals surface area contributed by atoms with Crippen molar-refractivity contribution in [3.63, 3.8) is 0 Å². The van der Waals surface area contributed by atoms with E-state index in [4.69, 9.17) is 0 Å². The van der Waals surface area contributed by atoms with Crippen molar-refractivity contribution in [1.29, 1.82) is 0 Å². The molecule has 0 aromatic heterocycles. The van der Waals surface area contributed by atoms with E-state index >= 15 is 0 Å². The van der Waals surface area contributed by atoms with Crippen LogP contribution in [0.2, 0.25) is 0 Å². The monoisotopic (exact) mass is 188 g/mol. The van der Waals surface area contributed by atoms with Crippen LogP contribution in [0.5, 0.6) is 0 Å². The van der Waals surface area contributed by atoms with E-state index in [0.29, 0.717) is 11.7 Å². The van der Waals surface area contributed by atoms with Crippen LogP contribution >= 0.6 is 0 Å². The van der Waals surface area contributed by atoms with Crippen LogP contribution < -0.4 is 0 Å². The van der Waals surface area contributed by atoms with Crippen molar-refractivity contribution in [2.24, 2.45) is 5.92 Å².